The van der Waals surface area contributed by atoms with Crippen molar-refractivity contribution in [1.82, 2.24) is 4.90 Å². The molecule has 0 bridgehead atoms. The molecular formula is C15H22N2O. The van der Waals surface area contributed by atoms with Crippen LogP contribution in [0.4, 0.5) is 0 Å². The van der Waals surface area contributed by atoms with E-state index in [9.17, 15) is 0 Å². The standard InChI is InChI=1S/C15H22N2O/c1-13-5-6-15(11-14(13)2)12-17(8-4-7-16)9-10-18-3/h5-6,11H,4,8-10,12H2,1-3H3. The molecule has 1 aromatic carbocycles. The fourth-order valence-corrected chi connectivity index (χ4v) is 1.86. The number of hydrogen-bond acceptors (Lipinski definition) is 3. The molecule has 0 N–H and O–H groups in total. The van der Waals surface area contributed by atoms with Crippen molar-refractivity contribution in [2.75, 3.05) is 26.8 Å². The van der Waals surface area contributed by atoms with E-state index in [1.165, 1.54) is 16.7 Å². The smallest absolute Gasteiger partial charge is 0.0635 e. The first-order chi connectivity index (χ1) is 8.67. The van der Waals surface area contributed by atoms with Crippen LogP contribution in [0.15, 0.2) is 18.2 Å². The van der Waals surface area contributed by atoms with Crippen LogP contribution >= 0.6 is 0 Å². The quantitative estimate of drug-likeness (QED) is 0.742. The molecule has 0 fully saturated rings. The highest BCUT2D eigenvalue weighted by molar-refractivity contribution is 5.29. The Balaban J connectivity index is 2.63. The molecule has 1 aromatic rings. The molecule has 18 heavy (non-hydrogen) atoms. The summed E-state index contributed by atoms with van der Waals surface area (Å²) in [6.45, 7) is 7.51. The van der Waals surface area contributed by atoms with E-state index in [0.717, 1.165) is 19.6 Å². The molecule has 0 aliphatic carbocycles. The van der Waals surface area contributed by atoms with Gasteiger partial charge in [0.15, 0.2) is 0 Å². The molecule has 98 valence electrons. The van der Waals surface area contributed by atoms with Gasteiger partial charge in [-0.3, -0.25) is 4.90 Å². The molecule has 0 aromatic heterocycles. The minimum Gasteiger partial charge on any atom is -0.383 e. The average molecular weight is 246 g/mol. The molecule has 0 spiro atoms. The summed E-state index contributed by atoms with van der Waals surface area (Å²) in [6, 6.07) is 8.74. The molecule has 0 amide bonds. The number of ether oxygens (including phenoxy) is 1. The Labute approximate surface area is 110 Å². The summed E-state index contributed by atoms with van der Waals surface area (Å²) in [5, 5.41) is 8.68. The van der Waals surface area contributed by atoms with Crippen molar-refractivity contribution in [2.45, 2.75) is 26.8 Å². The molecular weight excluding hydrogens is 224 g/mol. The fourth-order valence-electron chi connectivity index (χ4n) is 1.86. The molecule has 0 atom stereocenters. The third-order valence-electron chi connectivity index (χ3n) is 3.13. The van der Waals surface area contributed by atoms with Gasteiger partial charge in [-0.1, -0.05) is 18.2 Å². The minimum atomic E-state index is 0.564. The van der Waals surface area contributed by atoms with E-state index in [0.29, 0.717) is 13.0 Å². The third kappa shape index (κ3) is 4.87. The van der Waals surface area contributed by atoms with Gasteiger partial charge in [-0.15, -0.1) is 0 Å². The number of methoxy groups -OCH3 is 1. The second-order valence-corrected chi connectivity index (χ2v) is 4.60. The summed E-state index contributed by atoms with van der Waals surface area (Å²) in [5.41, 5.74) is 3.94. The highest BCUT2D eigenvalue weighted by atomic mass is 16.5. The Bertz CT molecular complexity index is 409. The van der Waals surface area contributed by atoms with E-state index in [2.05, 4.69) is 43.0 Å². The predicted octanol–water partition coefficient (Wildman–Crippen LogP) is 2.67. The maximum atomic E-state index is 8.68. The second-order valence-electron chi connectivity index (χ2n) is 4.60. The lowest BCUT2D eigenvalue weighted by atomic mass is 10.1. The molecule has 0 radical (unpaired) electrons. The average Bonchev–Trinajstić information content (AvgIpc) is 2.37. The zero-order valence-electron chi connectivity index (χ0n) is 11.6. The SMILES string of the molecule is COCCN(CCC#N)Cc1ccc(C)c(C)c1. The van der Waals surface area contributed by atoms with Crippen LogP contribution in [0.3, 0.4) is 0 Å². The Morgan fingerprint density at radius 2 is 2.00 bits per heavy atom. The van der Waals surface area contributed by atoms with Crippen molar-refractivity contribution in [1.29, 1.82) is 5.26 Å². The Hall–Kier alpha value is -1.37. The van der Waals surface area contributed by atoms with Crippen molar-refractivity contribution in [2.24, 2.45) is 0 Å². The lowest BCUT2D eigenvalue weighted by Crippen LogP contribution is -2.28. The van der Waals surface area contributed by atoms with E-state index >= 15 is 0 Å². The topological polar surface area (TPSA) is 36.3 Å². The summed E-state index contributed by atoms with van der Waals surface area (Å²) < 4.78 is 5.11. The van der Waals surface area contributed by atoms with Crippen LogP contribution in [0.25, 0.3) is 0 Å². The maximum Gasteiger partial charge on any atom is 0.0635 e. The molecule has 0 heterocycles. The number of benzene rings is 1. The van der Waals surface area contributed by atoms with Gasteiger partial charge in [-0.2, -0.15) is 5.26 Å². The molecule has 3 nitrogen and oxygen atoms in total. The van der Waals surface area contributed by atoms with Gasteiger partial charge in [0.05, 0.1) is 12.7 Å². The summed E-state index contributed by atoms with van der Waals surface area (Å²) in [5.74, 6) is 0. The largest absolute Gasteiger partial charge is 0.383 e. The number of nitrogens with zero attached hydrogens (tertiary/aromatic N) is 2. The van der Waals surface area contributed by atoms with Crippen LogP contribution in [0.2, 0.25) is 0 Å². The first kappa shape index (κ1) is 14.7. The van der Waals surface area contributed by atoms with Crippen molar-refractivity contribution in [3.05, 3.63) is 34.9 Å². The first-order valence-electron chi connectivity index (χ1n) is 6.31. The first-order valence-corrected chi connectivity index (χ1v) is 6.31. The third-order valence-corrected chi connectivity index (χ3v) is 3.13. The van der Waals surface area contributed by atoms with Crippen LogP contribution in [0.1, 0.15) is 23.1 Å². The Morgan fingerprint density at radius 3 is 2.61 bits per heavy atom. The van der Waals surface area contributed by atoms with E-state index in [-0.39, 0.29) is 0 Å². The molecule has 1 rings (SSSR count). The van der Waals surface area contributed by atoms with Gasteiger partial charge >= 0.3 is 0 Å². The molecule has 0 aliphatic rings. The van der Waals surface area contributed by atoms with Crippen molar-refractivity contribution >= 4 is 0 Å². The number of aryl methyl sites for hydroxylation is 2. The van der Waals surface area contributed by atoms with E-state index in [1.54, 1.807) is 7.11 Å². The number of hydrogen-bond donors (Lipinski definition) is 0. The van der Waals surface area contributed by atoms with Crippen LogP contribution in [-0.4, -0.2) is 31.7 Å². The van der Waals surface area contributed by atoms with E-state index < -0.39 is 0 Å². The van der Waals surface area contributed by atoms with Gasteiger partial charge in [-0.05, 0) is 30.5 Å². The van der Waals surface area contributed by atoms with Gasteiger partial charge < -0.3 is 4.74 Å². The monoisotopic (exact) mass is 246 g/mol. The highest BCUT2D eigenvalue weighted by Crippen LogP contribution is 2.12. The maximum absolute atomic E-state index is 8.68. The second kappa shape index (κ2) is 7.86. The van der Waals surface area contributed by atoms with Crippen LogP contribution in [-0.2, 0) is 11.3 Å². The fraction of sp³-hybridized carbons (Fsp3) is 0.533. The van der Waals surface area contributed by atoms with E-state index in [1.807, 2.05) is 0 Å². The van der Waals surface area contributed by atoms with Gasteiger partial charge in [0.2, 0.25) is 0 Å². The minimum absolute atomic E-state index is 0.564. The normalized spacial score (nSPS) is 10.6. The summed E-state index contributed by atoms with van der Waals surface area (Å²) in [7, 11) is 1.71. The van der Waals surface area contributed by atoms with Gasteiger partial charge in [0.25, 0.3) is 0 Å². The highest BCUT2D eigenvalue weighted by Gasteiger charge is 2.06. The zero-order valence-corrected chi connectivity index (χ0v) is 11.6. The molecule has 0 aliphatic heterocycles. The van der Waals surface area contributed by atoms with Crippen molar-refractivity contribution in [3.63, 3.8) is 0 Å². The molecule has 0 saturated carbocycles. The lowest BCUT2D eigenvalue weighted by molar-refractivity contribution is 0.145. The predicted molar refractivity (Wildman–Crippen MR) is 73.3 cm³/mol. The Kier molecular flexibility index (Phi) is 6.42. The summed E-state index contributed by atoms with van der Waals surface area (Å²) in [6.07, 6.45) is 0.564. The Morgan fingerprint density at radius 1 is 1.22 bits per heavy atom. The van der Waals surface area contributed by atoms with E-state index in [4.69, 9.17) is 10.00 Å². The number of nitriles is 1. The van der Waals surface area contributed by atoms with Crippen LogP contribution < -0.4 is 0 Å². The van der Waals surface area contributed by atoms with Crippen LogP contribution in [0.5, 0.6) is 0 Å². The summed E-state index contributed by atoms with van der Waals surface area (Å²) in [4.78, 5) is 2.26. The van der Waals surface area contributed by atoms with Crippen molar-refractivity contribution < 1.29 is 4.74 Å². The van der Waals surface area contributed by atoms with Gasteiger partial charge in [-0.25, -0.2) is 0 Å². The summed E-state index contributed by atoms with van der Waals surface area (Å²) >= 11 is 0. The van der Waals surface area contributed by atoms with Crippen molar-refractivity contribution in [3.8, 4) is 6.07 Å². The number of rotatable bonds is 7. The van der Waals surface area contributed by atoms with Gasteiger partial charge in [0.1, 0.15) is 0 Å². The molecule has 0 saturated heterocycles. The van der Waals surface area contributed by atoms with Crippen LogP contribution in [0, 0.1) is 25.2 Å². The zero-order chi connectivity index (χ0) is 13.4. The molecule has 0 unspecified atom stereocenters. The van der Waals surface area contributed by atoms with Gasteiger partial charge in [0, 0.05) is 33.2 Å². The lowest BCUT2D eigenvalue weighted by Gasteiger charge is -2.21. The molecule has 3 heteroatoms.